The minimum Gasteiger partial charge on any atom is -0.388 e. The summed E-state index contributed by atoms with van der Waals surface area (Å²) in [5.74, 6) is 1.18. The Kier molecular flexibility index (Phi) is 3.89. The van der Waals surface area contributed by atoms with Crippen molar-refractivity contribution >= 4 is 6.03 Å². The molecule has 0 bridgehead atoms. The van der Waals surface area contributed by atoms with Crippen molar-refractivity contribution in [3.63, 3.8) is 0 Å². The highest BCUT2D eigenvalue weighted by atomic mass is 16.3. The molecule has 4 heteroatoms. The Morgan fingerprint density at radius 2 is 2.05 bits per heavy atom. The molecule has 0 aliphatic heterocycles. The van der Waals surface area contributed by atoms with Gasteiger partial charge in [-0.25, -0.2) is 4.79 Å². The molecule has 2 saturated carbocycles. The van der Waals surface area contributed by atoms with Gasteiger partial charge in [0.15, 0.2) is 0 Å². The fourth-order valence-electron chi connectivity index (χ4n) is 3.11. The lowest BCUT2D eigenvalue weighted by molar-refractivity contribution is -0.0290. The van der Waals surface area contributed by atoms with Crippen molar-refractivity contribution in [1.29, 1.82) is 0 Å². The smallest absolute Gasteiger partial charge is 0.315 e. The highest BCUT2D eigenvalue weighted by Crippen LogP contribution is 2.46. The molecule has 2 amide bonds. The topological polar surface area (TPSA) is 61.4 Å². The Labute approximate surface area is 125 Å². The number of hydrogen-bond acceptors (Lipinski definition) is 2. The number of carbonyl (C=O) groups is 1. The van der Waals surface area contributed by atoms with Crippen molar-refractivity contribution in [2.45, 2.75) is 44.2 Å². The van der Waals surface area contributed by atoms with Crippen LogP contribution in [0.1, 0.15) is 44.2 Å². The standard InChI is InChI=1S/C17H24N2O2/c1-12-10-14(12)15(13-6-3-2-4-7-13)19-16(20)18-11-17(21)8-5-9-17/h2-4,6-7,12,14-15,21H,5,8-11H2,1H3,(H2,18,19,20)/t12-,14+,15+/m1/s1. The highest BCUT2D eigenvalue weighted by molar-refractivity contribution is 5.74. The SMILES string of the molecule is C[C@@H]1C[C@@H]1[C@@H](NC(=O)NCC1(O)CCC1)c1ccccc1. The first-order chi connectivity index (χ1) is 10.1. The number of rotatable bonds is 5. The predicted octanol–water partition coefficient (Wildman–Crippen LogP) is 2.60. The van der Waals surface area contributed by atoms with E-state index in [0.29, 0.717) is 18.4 Å². The van der Waals surface area contributed by atoms with Crippen LogP contribution in [0.5, 0.6) is 0 Å². The number of hydrogen-bond donors (Lipinski definition) is 3. The third kappa shape index (κ3) is 3.38. The molecule has 2 aliphatic carbocycles. The van der Waals surface area contributed by atoms with E-state index in [1.54, 1.807) is 0 Å². The molecule has 3 atom stereocenters. The second-order valence-electron chi connectivity index (χ2n) is 6.67. The molecule has 3 N–H and O–H groups in total. The zero-order valence-corrected chi connectivity index (χ0v) is 12.5. The summed E-state index contributed by atoms with van der Waals surface area (Å²) in [6.45, 7) is 2.57. The van der Waals surface area contributed by atoms with Crippen molar-refractivity contribution in [1.82, 2.24) is 10.6 Å². The maximum atomic E-state index is 12.1. The number of amides is 2. The summed E-state index contributed by atoms with van der Waals surface area (Å²) in [7, 11) is 0. The van der Waals surface area contributed by atoms with E-state index in [2.05, 4.69) is 29.7 Å². The van der Waals surface area contributed by atoms with Gasteiger partial charge in [-0.3, -0.25) is 0 Å². The maximum Gasteiger partial charge on any atom is 0.315 e. The van der Waals surface area contributed by atoms with Gasteiger partial charge in [0, 0.05) is 6.54 Å². The molecule has 21 heavy (non-hydrogen) atoms. The van der Waals surface area contributed by atoms with Crippen LogP contribution in [0.15, 0.2) is 30.3 Å². The van der Waals surface area contributed by atoms with Crippen molar-refractivity contribution < 1.29 is 9.90 Å². The first kappa shape index (κ1) is 14.4. The number of carbonyl (C=O) groups excluding carboxylic acids is 1. The van der Waals surface area contributed by atoms with E-state index in [-0.39, 0.29) is 12.1 Å². The second kappa shape index (κ2) is 5.68. The van der Waals surface area contributed by atoms with E-state index in [9.17, 15) is 9.90 Å². The van der Waals surface area contributed by atoms with Crippen molar-refractivity contribution in [3.8, 4) is 0 Å². The zero-order valence-electron chi connectivity index (χ0n) is 12.5. The maximum absolute atomic E-state index is 12.1. The molecule has 1 aromatic carbocycles. The Bertz CT molecular complexity index is 499. The molecule has 2 fully saturated rings. The number of benzene rings is 1. The Morgan fingerprint density at radius 3 is 2.57 bits per heavy atom. The van der Waals surface area contributed by atoms with E-state index in [4.69, 9.17) is 0 Å². The van der Waals surface area contributed by atoms with Crippen molar-refractivity contribution in [2.24, 2.45) is 11.8 Å². The second-order valence-corrected chi connectivity index (χ2v) is 6.67. The molecule has 1 aromatic rings. The normalized spacial score (nSPS) is 27.3. The average molecular weight is 288 g/mol. The van der Waals surface area contributed by atoms with Gasteiger partial charge in [-0.05, 0) is 43.1 Å². The van der Waals surface area contributed by atoms with Crippen LogP contribution < -0.4 is 10.6 Å². The summed E-state index contributed by atoms with van der Waals surface area (Å²) in [6.07, 6.45) is 3.78. The molecule has 3 rings (SSSR count). The van der Waals surface area contributed by atoms with E-state index in [1.165, 1.54) is 0 Å². The molecule has 0 unspecified atom stereocenters. The lowest BCUT2D eigenvalue weighted by atomic mass is 9.80. The molecule has 4 nitrogen and oxygen atoms in total. The molecule has 2 aliphatic rings. The number of urea groups is 1. The third-order valence-corrected chi connectivity index (χ3v) is 4.91. The minimum atomic E-state index is -0.674. The van der Waals surface area contributed by atoms with E-state index < -0.39 is 5.60 Å². The first-order valence-corrected chi connectivity index (χ1v) is 7.89. The van der Waals surface area contributed by atoms with Crippen molar-refractivity contribution in [2.75, 3.05) is 6.54 Å². The van der Waals surface area contributed by atoms with Gasteiger partial charge in [-0.1, -0.05) is 37.3 Å². The zero-order chi connectivity index (χ0) is 14.9. The molecular weight excluding hydrogens is 264 g/mol. The summed E-state index contributed by atoms with van der Waals surface area (Å²) in [4.78, 5) is 12.1. The molecule has 0 spiro atoms. The van der Waals surface area contributed by atoms with Gasteiger partial charge in [-0.15, -0.1) is 0 Å². The van der Waals surface area contributed by atoms with Crippen LogP contribution in [-0.4, -0.2) is 23.3 Å². The first-order valence-electron chi connectivity index (χ1n) is 7.89. The van der Waals surface area contributed by atoms with Crippen LogP contribution in [0.3, 0.4) is 0 Å². The molecule has 0 saturated heterocycles. The van der Waals surface area contributed by atoms with Crippen LogP contribution in [0.4, 0.5) is 4.79 Å². The van der Waals surface area contributed by atoms with Gasteiger partial charge in [0.25, 0.3) is 0 Å². The predicted molar refractivity (Wildman–Crippen MR) is 81.8 cm³/mol. The Balaban J connectivity index is 1.58. The van der Waals surface area contributed by atoms with Crippen LogP contribution in [0.2, 0.25) is 0 Å². The Hall–Kier alpha value is -1.55. The minimum absolute atomic E-state index is 0.0669. The fourth-order valence-corrected chi connectivity index (χ4v) is 3.11. The molecular formula is C17H24N2O2. The van der Waals surface area contributed by atoms with Gasteiger partial charge in [0.05, 0.1) is 11.6 Å². The van der Waals surface area contributed by atoms with E-state index in [1.807, 2.05) is 18.2 Å². The molecule has 0 heterocycles. The van der Waals surface area contributed by atoms with Gasteiger partial charge in [0.2, 0.25) is 0 Å². The van der Waals surface area contributed by atoms with E-state index >= 15 is 0 Å². The number of aliphatic hydroxyl groups is 1. The van der Waals surface area contributed by atoms with Crippen LogP contribution in [0.25, 0.3) is 0 Å². The average Bonchev–Trinajstić information content (AvgIpc) is 3.18. The lowest BCUT2D eigenvalue weighted by Gasteiger charge is -2.36. The lowest BCUT2D eigenvalue weighted by Crippen LogP contribution is -2.50. The van der Waals surface area contributed by atoms with Gasteiger partial charge in [-0.2, -0.15) is 0 Å². The molecule has 114 valence electrons. The molecule has 0 aromatic heterocycles. The van der Waals surface area contributed by atoms with Gasteiger partial charge in [0.1, 0.15) is 0 Å². The van der Waals surface area contributed by atoms with Crippen LogP contribution in [-0.2, 0) is 0 Å². The number of nitrogens with one attached hydrogen (secondary N) is 2. The van der Waals surface area contributed by atoms with Crippen LogP contribution in [0, 0.1) is 11.8 Å². The summed E-state index contributed by atoms with van der Waals surface area (Å²) in [6, 6.07) is 10.0. The fraction of sp³-hybridized carbons (Fsp3) is 0.588. The van der Waals surface area contributed by atoms with Crippen molar-refractivity contribution in [3.05, 3.63) is 35.9 Å². The summed E-state index contributed by atoms with van der Waals surface area (Å²) in [5.41, 5.74) is 0.483. The monoisotopic (exact) mass is 288 g/mol. The quantitative estimate of drug-likeness (QED) is 0.780. The summed E-state index contributed by atoms with van der Waals surface area (Å²) < 4.78 is 0. The van der Waals surface area contributed by atoms with Gasteiger partial charge < -0.3 is 15.7 Å². The third-order valence-electron chi connectivity index (χ3n) is 4.91. The van der Waals surface area contributed by atoms with Gasteiger partial charge >= 0.3 is 6.03 Å². The van der Waals surface area contributed by atoms with Crippen LogP contribution >= 0.6 is 0 Å². The largest absolute Gasteiger partial charge is 0.388 e. The highest BCUT2D eigenvalue weighted by Gasteiger charge is 2.41. The van der Waals surface area contributed by atoms with E-state index in [0.717, 1.165) is 31.2 Å². The summed E-state index contributed by atoms with van der Waals surface area (Å²) in [5, 5.41) is 15.9. The molecule has 0 radical (unpaired) electrons. The Morgan fingerprint density at radius 1 is 1.38 bits per heavy atom. The summed E-state index contributed by atoms with van der Waals surface area (Å²) >= 11 is 0.